The van der Waals surface area contributed by atoms with Crippen LogP contribution in [0.3, 0.4) is 0 Å². The summed E-state index contributed by atoms with van der Waals surface area (Å²) in [6.07, 6.45) is -0.388. The third-order valence-electron chi connectivity index (χ3n) is 7.65. The zero-order chi connectivity index (χ0) is 36.2. The highest BCUT2D eigenvalue weighted by Crippen LogP contribution is 2.40. The van der Waals surface area contributed by atoms with Gasteiger partial charge in [-0.1, -0.05) is 18.2 Å². The normalized spacial score (nSPS) is 11.5. The number of nitrogens with zero attached hydrogens (tertiary/aromatic N) is 6. The SMILES string of the molecule is COc1ccc(CN(c2ncns2)S(=O)(=O)c2ccc(Oc3ccc(-c4cccc(C(F)(F)F)c4)cc3-c3ccnnc3)c(C#N)c2)c(OC)c1. The summed E-state index contributed by atoms with van der Waals surface area (Å²) in [4.78, 5) is 3.91. The number of anilines is 1. The van der Waals surface area contributed by atoms with Crippen LogP contribution in [0.4, 0.5) is 18.3 Å². The monoisotopic (exact) mass is 730 g/mol. The molecule has 0 spiro atoms. The number of benzene rings is 4. The highest BCUT2D eigenvalue weighted by Gasteiger charge is 2.31. The molecule has 0 aliphatic carbocycles. The van der Waals surface area contributed by atoms with Crippen molar-refractivity contribution in [3.8, 4) is 51.3 Å². The fourth-order valence-electron chi connectivity index (χ4n) is 5.11. The van der Waals surface area contributed by atoms with Crippen LogP contribution < -0.4 is 18.5 Å². The maximum absolute atomic E-state index is 14.2. The fraction of sp³-hybridized carbons (Fsp3) is 0.114. The number of methoxy groups -OCH3 is 2. The van der Waals surface area contributed by atoms with E-state index in [0.29, 0.717) is 39.3 Å². The lowest BCUT2D eigenvalue weighted by Gasteiger charge is -2.23. The Kier molecular flexibility index (Phi) is 9.85. The van der Waals surface area contributed by atoms with Crippen molar-refractivity contribution in [2.24, 2.45) is 0 Å². The smallest absolute Gasteiger partial charge is 0.416 e. The molecular formula is C35H25F3N6O5S2. The maximum atomic E-state index is 14.2. The lowest BCUT2D eigenvalue weighted by Crippen LogP contribution is -2.30. The number of hydrogen-bond acceptors (Lipinski definition) is 11. The number of alkyl halides is 3. The Morgan fingerprint density at radius 2 is 1.67 bits per heavy atom. The van der Waals surface area contributed by atoms with Gasteiger partial charge in [0.15, 0.2) is 0 Å². The first-order valence-corrected chi connectivity index (χ1v) is 17.0. The van der Waals surface area contributed by atoms with Crippen molar-refractivity contribution < 1.29 is 35.8 Å². The molecule has 2 heterocycles. The maximum Gasteiger partial charge on any atom is 0.416 e. The van der Waals surface area contributed by atoms with Gasteiger partial charge < -0.3 is 14.2 Å². The van der Waals surface area contributed by atoms with Gasteiger partial charge in [-0.25, -0.2) is 17.7 Å². The molecule has 0 bridgehead atoms. The quantitative estimate of drug-likeness (QED) is 0.130. The van der Waals surface area contributed by atoms with E-state index in [-0.39, 0.29) is 33.6 Å². The van der Waals surface area contributed by atoms with Crippen LogP contribution in [0.5, 0.6) is 23.0 Å². The van der Waals surface area contributed by atoms with Crippen molar-refractivity contribution >= 4 is 26.7 Å². The Labute approximate surface area is 294 Å². The average Bonchev–Trinajstić information content (AvgIpc) is 3.68. The highest BCUT2D eigenvalue weighted by atomic mass is 32.2. The summed E-state index contributed by atoms with van der Waals surface area (Å²) in [6, 6.07) is 22.2. The number of sulfonamides is 1. The van der Waals surface area contributed by atoms with Crippen molar-refractivity contribution in [1.82, 2.24) is 19.6 Å². The molecule has 0 atom stereocenters. The van der Waals surface area contributed by atoms with Crippen LogP contribution in [0.2, 0.25) is 0 Å². The lowest BCUT2D eigenvalue weighted by atomic mass is 9.98. The predicted octanol–water partition coefficient (Wildman–Crippen LogP) is 7.76. The van der Waals surface area contributed by atoms with Crippen molar-refractivity contribution in [2.75, 3.05) is 18.5 Å². The molecule has 0 aliphatic heterocycles. The van der Waals surface area contributed by atoms with Crippen LogP contribution in [0.1, 0.15) is 16.7 Å². The second-order valence-corrected chi connectivity index (χ2v) is 13.3. The Morgan fingerprint density at radius 1 is 0.863 bits per heavy atom. The van der Waals surface area contributed by atoms with Crippen LogP contribution in [0, 0.1) is 11.3 Å². The summed E-state index contributed by atoms with van der Waals surface area (Å²) < 4.78 is 90.7. The predicted molar refractivity (Wildman–Crippen MR) is 182 cm³/mol. The van der Waals surface area contributed by atoms with Crippen molar-refractivity contribution in [1.29, 1.82) is 5.26 Å². The zero-order valence-electron chi connectivity index (χ0n) is 26.7. The van der Waals surface area contributed by atoms with Gasteiger partial charge in [0.1, 0.15) is 35.4 Å². The summed E-state index contributed by atoms with van der Waals surface area (Å²) in [5, 5.41) is 17.9. The van der Waals surface area contributed by atoms with Crippen LogP contribution in [-0.2, 0) is 22.7 Å². The topological polar surface area (TPSA) is 140 Å². The molecule has 0 unspecified atom stereocenters. The minimum atomic E-state index is -4.53. The van der Waals surface area contributed by atoms with E-state index >= 15 is 0 Å². The third kappa shape index (κ3) is 7.44. The van der Waals surface area contributed by atoms with Gasteiger partial charge in [-0.05, 0) is 71.8 Å². The number of hydrogen-bond donors (Lipinski definition) is 0. The first-order valence-electron chi connectivity index (χ1n) is 14.8. The van der Waals surface area contributed by atoms with Crippen molar-refractivity contribution in [2.45, 2.75) is 17.6 Å². The van der Waals surface area contributed by atoms with Crippen LogP contribution in [0.15, 0.2) is 109 Å². The third-order valence-corrected chi connectivity index (χ3v) is 10.2. The summed E-state index contributed by atoms with van der Waals surface area (Å²) in [5.41, 5.74) is 1.38. The summed E-state index contributed by atoms with van der Waals surface area (Å²) in [7, 11) is -1.38. The van der Waals surface area contributed by atoms with Gasteiger partial charge in [-0.3, -0.25) is 0 Å². The molecule has 0 saturated heterocycles. The van der Waals surface area contributed by atoms with Gasteiger partial charge in [-0.2, -0.15) is 33.0 Å². The van der Waals surface area contributed by atoms with Gasteiger partial charge in [0.2, 0.25) is 5.13 Å². The first-order chi connectivity index (χ1) is 24.5. The minimum Gasteiger partial charge on any atom is -0.497 e. The van der Waals surface area contributed by atoms with Gasteiger partial charge in [0.05, 0.1) is 49.2 Å². The second-order valence-electron chi connectivity index (χ2n) is 10.7. The van der Waals surface area contributed by atoms with Crippen LogP contribution >= 0.6 is 11.5 Å². The van der Waals surface area contributed by atoms with E-state index in [4.69, 9.17) is 14.2 Å². The Bertz CT molecular complexity index is 2340. The molecule has 0 amide bonds. The largest absolute Gasteiger partial charge is 0.497 e. The molecule has 0 saturated carbocycles. The van der Waals surface area contributed by atoms with E-state index in [9.17, 15) is 26.9 Å². The van der Waals surface area contributed by atoms with Gasteiger partial charge in [-0.15, -0.1) is 0 Å². The van der Waals surface area contributed by atoms with Crippen LogP contribution in [-0.4, -0.2) is 42.2 Å². The molecule has 6 rings (SSSR count). The van der Waals surface area contributed by atoms with Crippen LogP contribution in [0.25, 0.3) is 22.3 Å². The van der Waals surface area contributed by atoms with E-state index < -0.39 is 21.8 Å². The number of rotatable bonds is 11. The van der Waals surface area contributed by atoms with E-state index in [1.807, 2.05) is 6.07 Å². The Balaban J connectivity index is 1.37. The molecule has 258 valence electrons. The van der Waals surface area contributed by atoms with E-state index in [0.717, 1.165) is 28.0 Å². The summed E-state index contributed by atoms with van der Waals surface area (Å²) in [6.45, 7) is -0.174. The lowest BCUT2D eigenvalue weighted by molar-refractivity contribution is -0.137. The van der Waals surface area contributed by atoms with Crippen molar-refractivity contribution in [3.05, 3.63) is 120 Å². The molecule has 0 aliphatic rings. The summed E-state index contributed by atoms with van der Waals surface area (Å²) >= 11 is 0.874. The molecule has 6 aromatic rings. The van der Waals surface area contributed by atoms with Gasteiger partial charge in [0, 0.05) is 34.3 Å². The van der Waals surface area contributed by atoms with Crippen molar-refractivity contribution in [3.63, 3.8) is 0 Å². The molecule has 11 nitrogen and oxygen atoms in total. The van der Waals surface area contributed by atoms with E-state index in [1.165, 1.54) is 57.2 Å². The Hall–Kier alpha value is -6.05. The molecule has 0 fully saturated rings. The number of ether oxygens (including phenoxy) is 3. The number of halogens is 3. The highest BCUT2D eigenvalue weighted by molar-refractivity contribution is 7.93. The number of aromatic nitrogens is 4. The van der Waals surface area contributed by atoms with Gasteiger partial charge in [0.25, 0.3) is 10.0 Å². The molecular weight excluding hydrogens is 706 g/mol. The molecule has 0 N–H and O–H groups in total. The van der Waals surface area contributed by atoms with E-state index in [2.05, 4.69) is 19.6 Å². The molecule has 2 aromatic heterocycles. The molecule has 51 heavy (non-hydrogen) atoms. The molecule has 4 aromatic carbocycles. The zero-order valence-corrected chi connectivity index (χ0v) is 28.3. The first kappa shape index (κ1) is 34.8. The average molecular weight is 731 g/mol. The van der Waals surface area contributed by atoms with Gasteiger partial charge >= 0.3 is 6.18 Å². The minimum absolute atomic E-state index is 0.0332. The standard InChI is InChI=1S/C35H25F3N6O5S2/c1-47-28-8-6-25(33(17-28)48-2)20-44(34-40-21-43-50-34)51(45,46)29-9-11-31(26(15-29)18-39)49-32-10-7-23(16-30(32)24-12-13-41-42-19-24)22-4-3-5-27(14-22)35(36,37)38/h3-17,19,21H,20H2,1-2H3. The van der Waals surface area contributed by atoms with E-state index in [1.54, 1.807) is 48.5 Å². The fourth-order valence-corrected chi connectivity index (χ4v) is 7.27. The number of nitriles is 1. The molecule has 16 heteroatoms. The molecule has 0 radical (unpaired) electrons. The Morgan fingerprint density at radius 3 is 2.35 bits per heavy atom. The summed E-state index contributed by atoms with van der Waals surface area (Å²) in [5.74, 6) is 1.17. The second kappa shape index (κ2) is 14.4.